The quantitative estimate of drug-likeness (QED) is 0.825. The van der Waals surface area contributed by atoms with Crippen molar-refractivity contribution in [3.05, 3.63) is 24.3 Å². The summed E-state index contributed by atoms with van der Waals surface area (Å²) in [6.45, 7) is 0.688. The molecule has 106 valence electrons. The largest absolute Gasteiger partial charge is 0.497 e. The van der Waals surface area contributed by atoms with Crippen LogP contribution in [0.4, 0.5) is 0 Å². The van der Waals surface area contributed by atoms with Gasteiger partial charge in [0.25, 0.3) is 0 Å². The molecule has 3 N–H and O–H groups in total. The van der Waals surface area contributed by atoms with E-state index < -0.39 is 5.54 Å². The van der Waals surface area contributed by atoms with Gasteiger partial charge in [-0.25, -0.2) is 0 Å². The molecule has 19 heavy (non-hydrogen) atoms. The molecule has 2 rings (SSSR count). The normalized spacial score (nSPS) is 26.4. The van der Waals surface area contributed by atoms with Crippen molar-refractivity contribution in [3.63, 3.8) is 0 Å². The van der Waals surface area contributed by atoms with Crippen molar-refractivity contribution < 1.29 is 14.6 Å². The molecule has 2 unspecified atom stereocenters. The average molecular weight is 265 g/mol. The molecule has 4 heteroatoms. The number of nitrogens with two attached hydrogens (primary N) is 1. The Labute approximate surface area is 114 Å². The van der Waals surface area contributed by atoms with Gasteiger partial charge in [-0.15, -0.1) is 0 Å². The standard InChI is InChI=1S/C15H23NO3/c1-18-13-5-2-6-14(10-13)19-9-7-12-4-3-8-15(12,16)11-17/h2,5-6,10,12,17H,3-4,7-9,11,16H2,1H3. The first-order chi connectivity index (χ1) is 9.18. The van der Waals surface area contributed by atoms with E-state index in [1.807, 2.05) is 24.3 Å². The molecular weight excluding hydrogens is 242 g/mol. The van der Waals surface area contributed by atoms with Crippen LogP contribution in [0.3, 0.4) is 0 Å². The summed E-state index contributed by atoms with van der Waals surface area (Å²) in [6, 6.07) is 7.58. The first-order valence-corrected chi connectivity index (χ1v) is 6.84. The monoisotopic (exact) mass is 265 g/mol. The molecule has 1 fully saturated rings. The van der Waals surface area contributed by atoms with E-state index in [4.69, 9.17) is 15.2 Å². The van der Waals surface area contributed by atoms with Crippen LogP contribution in [0.2, 0.25) is 0 Å². The first kappa shape index (κ1) is 14.2. The maximum Gasteiger partial charge on any atom is 0.122 e. The molecule has 0 aromatic heterocycles. The molecule has 0 aliphatic heterocycles. The third-order valence-corrected chi connectivity index (χ3v) is 4.08. The molecule has 4 nitrogen and oxygen atoms in total. The second-order valence-corrected chi connectivity index (χ2v) is 5.30. The Balaban J connectivity index is 1.83. The zero-order valence-electron chi connectivity index (χ0n) is 11.5. The summed E-state index contributed by atoms with van der Waals surface area (Å²) < 4.78 is 10.9. The van der Waals surface area contributed by atoms with Crippen LogP contribution >= 0.6 is 0 Å². The molecular formula is C15H23NO3. The van der Waals surface area contributed by atoms with Gasteiger partial charge in [-0.3, -0.25) is 0 Å². The Morgan fingerprint density at radius 1 is 1.42 bits per heavy atom. The van der Waals surface area contributed by atoms with Gasteiger partial charge in [0.1, 0.15) is 11.5 Å². The summed E-state index contributed by atoms with van der Waals surface area (Å²) >= 11 is 0. The second-order valence-electron chi connectivity index (χ2n) is 5.30. The van der Waals surface area contributed by atoms with E-state index in [0.717, 1.165) is 37.2 Å². The predicted octanol–water partition coefficient (Wildman–Crippen LogP) is 1.95. The van der Waals surface area contributed by atoms with Gasteiger partial charge in [-0.2, -0.15) is 0 Å². The van der Waals surface area contributed by atoms with Gasteiger partial charge in [-0.05, 0) is 37.3 Å². The van der Waals surface area contributed by atoms with Gasteiger partial charge in [0.05, 0.1) is 20.3 Å². The highest BCUT2D eigenvalue weighted by Gasteiger charge is 2.38. The molecule has 0 spiro atoms. The van der Waals surface area contributed by atoms with Crippen molar-refractivity contribution >= 4 is 0 Å². The van der Waals surface area contributed by atoms with Gasteiger partial charge in [0.2, 0.25) is 0 Å². The van der Waals surface area contributed by atoms with E-state index >= 15 is 0 Å². The molecule has 0 saturated heterocycles. The number of aliphatic hydroxyl groups is 1. The highest BCUT2D eigenvalue weighted by Crippen LogP contribution is 2.35. The third-order valence-electron chi connectivity index (χ3n) is 4.08. The van der Waals surface area contributed by atoms with Gasteiger partial charge in [-0.1, -0.05) is 12.5 Å². The highest BCUT2D eigenvalue weighted by molar-refractivity contribution is 5.32. The summed E-state index contributed by atoms with van der Waals surface area (Å²) in [5.74, 6) is 1.95. The summed E-state index contributed by atoms with van der Waals surface area (Å²) in [6.07, 6.45) is 3.97. The predicted molar refractivity (Wildman–Crippen MR) is 74.5 cm³/mol. The second kappa shape index (κ2) is 6.26. The summed E-state index contributed by atoms with van der Waals surface area (Å²) in [7, 11) is 1.64. The molecule has 1 saturated carbocycles. The van der Waals surface area contributed by atoms with Crippen LogP contribution in [0, 0.1) is 5.92 Å². The number of hydrogen-bond acceptors (Lipinski definition) is 4. The lowest BCUT2D eigenvalue weighted by Crippen LogP contribution is -2.47. The number of benzene rings is 1. The SMILES string of the molecule is COc1cccc(OCCC2CCCC2(N)CO)c1. The van der Waals surface area contributed by atoms with Crippen molar-refractivity contribution in [2.45, 2.75) is 31.2 Å². The minimum absolute atomic E-state index is 0.0663. The first-order valence-electron chi connectivity index (χ1n) is 6.84. The molecule has 0 heterocycles. The minimum Gasteiger partial charge on any atom is -0.497 e. The van der Waals surface area contributed by atoms with Gasteiger partial charge in [0.15, 0.2) is 0 Å². The van der Waals surface area contributed by atoms with Crippen LogP contribution in [0.5, 0.6) is 11.5 Å². The van der Waals surface area contributed by atoms with Crippen LogP contribution in [0.15, 0.2) is 24.3 Å². The topological polar surface area (TPSA) is 64.7 Å². The van der Waals surface area contributed by atoms with Crippen LogP contribution in [-0.2, 0) is 0 Å². The number of ether oxygens (including phenoxy) is 2. The van der Waals surface area contributed by atoms with Crippen molar-refractivity contribution in [3.8, 4) is 11.5 Å². The van der Waals surface area contributed by atoms with Crippen LogP contribution < -0.4 is 15.2 Å². The molecule has 2 atom stereocenters. The fraction of sp³-hybridized carbons (Fsp3) is 0.600. The molecule has 1 aliphatic carbocycles. The minimum atomic E-state index is -0.405. The zero-order chi connectivity index (χ0) is 13.7. The number of hydrogen-bond donors (Lipinski definition) is 2. The smallest absolute Gasteiger partial charge is 0.122 e. The lowest BCUT2D eigenvalue weighted by atomic mass is 9.87. The Kier molecular flexibility index (Phi) is 4.66. The van der Waals surface area contributed by atoms with Gasteiger partial charge < -0.3 is 20.3 Å². The van der Waals surface area contributed by atoms with E-state index in [1.54, 1.807) is 7.11 Å². The van der Waals surface area contributed by atoms with Gasteiger partial charge in [0, 0.05) is 11.6 Å². The van der Waals surface area contributed by atoms with Crippen molar-refractivity contribution in [2.75, 3.05) is 20.3 Å². The third kappa shape index (κ3) is 3.39. The van der Waals surface area contributed by atoms with E-state index in [1.165, 1.54) is 0 Å². The summed E-state index contributed by atoms with van der Waals surface area (Å²) in [5.41, 5.74) is 5.80. The van der Waals surface area contributed by atoms with E-state index in [9.17, 15) is 5.11 Å². The number of aliphatic hydroxyl groups excluding tert-OH is 1. The molecule has 1 aliphatic rings. The Hall–Kier alpha value is -1.26. The number of rotatable bonds is 6. The lowest BCUT2D eigenvalue weighted by Gasteiger charge is -2.29. The maximum atomic E-state index is 9.40. The maximum absolute atomic E-state index is 9.40. The van der Waals surface area contributed by atoms with Crippen molar-refractivity contribution in [2.24, 2.45) is 11.7 Å². The average Bonchev–Trinajstić information content (AvgIpc) is 2.81. The molecule has 1 aromatic rings. The molecule has 1 aromatic carbocycles. The van der Waals surface area contributed by atoms with Crippen LogP contribution in [0.1, 0.15) is 25.7 Å². The molecule has 0 amide bonds. The molecule has 0 radical (unpaired) electrons. The summed E-state index contributed by atoms with van der Waals surface area (Å²) in [4.78, 5) is 0. The van der Waals surface area contributed by atoms with E-state index in [-0.39, 0.29) is 6.61 Å². The number of methoxy groups -OCH3 is 1. The van der Waals surface area contributed by atoms with Crippen molar-refractivity contribution in [1.29, 1.82) is 0 Å². The zero-order valence-corrected chi connectivity index (χ0v) is 11.5. The van der Waals surface area contributed by atoms with E-state index in [2.05, 4.69) is 0 Å². The van der Waals surface area contributed by atoms with Crippen LogP contribution in [0.25, 0.3) is 0 Å². The Morgan fingerprint density at radius 2 is 2.21 bits per heavy atom. The van der Waals surface area contributed by atoms with Crippen LogP contribution in [-0.4, -0.2) is 31.0 Å². The lowest BCUT2D eigenvalue weighted by molar-refractivity contribution is 0.143. The molecule has 0 bridgehead atoms. The fourth-order valence-electron chi connectivity index (χ4n) is 2.82. The van der Waals surface area contributed by atoms with Crippen molar-refractivity contribution in [1.82, 2.24) is 0 Å². The Bertz CT molecular complexity index is 410. The Morgan fingerprint density at radius 3 is 2.95 bits per heavy atom. The van der Waals surface area contributed by atoms with Gasteiger partial charge >= 0.3 is 0 Å². The van der Waals surface area contributed by atoms with E-state index in [0.29, 0.717) is 12.5 Å². The fourth-order valence-corrected chi connectivity index (χ4v) is 2.82. The summed E-state index contributed by atoms with van der Waals surface area (Å²) in [5, 5.41) is 9.40. The highest BCUT2D eigenvalue weighted by atomic mass is 16.5.